The molecule has 0 radical (unpaired) electrons. The Morgan fingerprint density at radius 1 is 0.940 bits per heavy atom. The molecule has 8 rings (SSSR count). The van der Waals surface area contributed by atoms with Gasteiger partial charge < -0.3 is 15.7 Å². The fraction of sp³-hybridized carbons (Fsp3) is 0.385. The SMILES string of the molecule is Cc1c(NC(=O)c2cc3n(n2)CCCC3N2CCCCC2)cccc1-c1cccc(Nc2nccc3cc(CN4CC[C@@H](O)C4)cnc23)c1Cl. The number of aliphatic hydroxyl groups is 1. The first kappa shape index (κ1) is 32.8. The number of rotatable bonds is 8. The van der Waals surface area contributed by atoms with Crippen LogP contribution in [0.5, 0.6) is 0 Å². The Morgan fingerprint density at radius 2 is 1.76 bits per heavy atom. The van der Waals surface area contributed by atoms with Crippen molar-refractivity contribution in [1.82, 2.24) is 29.5 Å². The van der Waals surface area contributed by atoms with E-state index >= 15 is 0 Å². The van der Waals surface area contributed by atoms with Gasteiger partial charge in [0.25, 0.3) is 5.91 Å². The molecule has 6 heterocycles. The van der Waals surface area contributed by atoms with E-state index in [0.717, 1.165) is 96.5 Å². The van der Waals surface area contributed by atoms with Crippen molar-refractivity contribution >= 4 is 45.6 Å². The van der Waals surface area contributed by atoms with Gasteiger partial charge in [-0.15, -0.1) is 0 Å². The molecular formula is C39H43ClN8O2. The number of pyridine rings is 2. The van der Waals surface area contributed by atoms with Crippen LogP contribution in [0.15, 0.2) is 67.0 Å². The lowest BCUT2D eigenvalue weighted by atomic mass is 9.98. The number of benzene rings is 2. The first-order valence-corrected chi connectivity index (χ1v) is 18.2. The van der Waals surface area contributed by atoms with Gasteiger partial charge in [0, 0.05) is 55.2 Å². The van der Waals surface area contributed by atoms with E-state index < -0.39 is 0 Å². The quantitative estimate of drug-likeness (QED) is 0.155. The molecule has 3 N–H and O–H groups in total. The Labute approximate surface area is 297 Å². The number of aliphatic hydroxyl groups excluding tert-OH is 1. The average molecular weight is 691 g/mol. The normalized spacial score (nSPS) is 19.8. The highest BCUT2D eigenvalue weighted by molar-refractivity contribution is 6.36. The van der Waals surface area contributed by atoms with Crippen molar-refractivity contribution in [2.45, 2.75) is 70.7 Å². The summed E-state index contributed by atoms with van der Waals surface area (Å²) >= 11 is 7.10. The average Bonchev–Trinajstić information content (AvgIpc) is 3.76. The lowest BCUT2D eigenvalue weighted by Gasteiger charge is -2.36. The number of anilines is 3. The van der Waals surface area contributed by atoms with Gasteiger partial charge in [-0.1, -0.05) is 42.3 Å². The van der Waals surface area contributed by atoms with E-state index in [4.69, 9.17) is 21.7 Å². The molecule has 10 nitrogen and oxygen atoms in total. The second-order valence-corrected chi connectivity index (χ2v) is 14.3. The van der Waals surface area contributed by atoms with Crippen molar-refractivity contribution in [2.24, 2.45) is 0 Å². The van der Waals surface area contributed by atoms with Crippen molar-refractivity contribution in [2.75, 3.05) is 36.8 Å². The monoisotopic (exact) mass is 690 g/mol. The molecule has 5 aromatic rings. The molecule has 258 valence electrons. The third kappa shape index (κ3) is 6.60. The number of likely N-dealkylation sites (tertiary alicyclic amines) is 2. The summed E-state index contributed by atoms with van der Waals surface area (Å²) in [7, 11) is 0. The number of carbonyl (C=O) groups is 1. The van der Waals surface area contributed by atoms with E-state index in [1.807, 2.05) is 66.3 Å². The topological polar surface area (TPSA) is 111 Å². The van der Waals surface area contributed by atoms with Crippen LogP contribution in [0.4, 0.5) is 17.2 Å². The Morgan fingerprint density at radius 3 is 2.58 bits per heavy atom. The molecule has 0 aliphatic carbocycles. The summed E-state index contributed by atoms with van der Waals surface area (Å²) in [5, 5.41) is 22.8. The Bertz CT molecular complexity index is 2040. The third-order valence-electron chi connectivity index (χ3n) is 10.5. The summed E-state index contributed by atoms with van der Waals surface area (Å²) in [4.78, 5) is 27.8. The second-order valence-electron chi connectivity index (χ2n) is 13.9. The fourth-order valence-electron chi connectivity index (χ4n) is 7.88. The predicted octanol–water partition coefficient (Wildman–Crippen LogP) is 7.34. The summed E-state index contributed by atoms with van der Waals surface area (Å²) in [6.45, 7) is 7.41. The molecule has 0 bridgehead atoms. The number of halogens is 1. The fourth-order valence-corrected chi connectivity index (χ4v) is 8.16. The molecule has 0 spiro atoms. The maximum atomic E-state index is 13.6. The van der Waals surface area contributed by atoms with Crippen molar-refractivity contribution in [3.63, 3.8) is 0 Å². The van der Waals surface area contributed by atoms with Gasteiger partial charge >= 0.3 is 0 Å². The molecule has 3 aliphatic heterocycles. The molecule has 1 unspecified atom stereocenters. The standard InChI is InChI=1S/C39H43ClN8O2/c1-25-29(8-5-10-31(25)44-39(50)33-21-35-34(12-7-18-48(35)45-33)47-16-3-2-4-17-47)30-9-6-11-32(36(30)40)43-38-37-27(13-15-41-38)20-26(22-42-37)23-46-19-14-28(49)24-46/h5-6,8-11,13,15,20-22,28,34,49H,2-4,7,12,14,16-19,23-24H2,1H3,(H,41,43)(H,44,50)/t28-,34?/m1/s1. The molecule has 3 aromatic heterocycles. The number of fused-ring (bicyclic) bond motifs is 2. The minimum atomic E-state index is -0.251. The van der Waals surface area contributed by atoms with Gasteiger partial charge in [0.15, 0.2) is 11.5 Å². The van der Waals surface area contributed by atoms with Gasteiger partial charge in [-0.3, -0.25) is 24.3 Å². The van der Waals surface area contributed by atoms with E-state index in [0.29, 0.717) is 34.8 Å². The maximum Gasteiger partial charge on any atom is 0.276 e. The molecule has 2 atom stereocenters. The molecule has 11 heteroatoms. The Balaban J connectivity index is 1.01. The van der Waals surface area contributed by atoms with Crippen LogP contribution in [0.2, 0.25) is 5.02 Å². The number of β-amino-alcohol motifs (C(OH)–C–C–N with tert-alkyl or cyclic N) is 1. The lowest BCUT2D eigenvalue weighted by Crippen LogP contribution is -2.36. The van der Waals surface area contributed by atoms with Gasteiger partial charge in [-0.25, -0.2) is 4.98 Å². The Hall–Kier alpha value is -4.35. The first-order valence-electron chi connectivity index (χ1n) is 17.8. The number of amides is 1. The van der Waals surface area contributed by atoms with Crippen molar-refractivity contribution in [3.8, 4) is 11.1 Å². The van der Waals surface area contributed by atoms with Gasteiger partial charge in [-0.2, -0.15) is 5.10 Å². The van der Waals surface area contributed by atoms with Crippen LogP contribution in [0, 0.1) is 6.92 Å². The minimum Gasteiger partial charge on any atom is -0.392 e. The molecular weight excluding hydrogens is 648 g/mol. The number of piperidine rings is 1. The van der Waals surface area contributed by atoms with E-state index in [2.05, 4.69) is 31.5 Å². The van der Waals surface area contributed by atoms with E-state index in [1.54, 1.807) is 6.20 Å². The molecule has 2 saturated heterocycles. The lowest BCUT2D eigenvalue weighted by molar-refractivity contribution is 0.102. The molecule has 1 amide bonds. The van der Waals surface area contributed by atoms with E-state index in [-0.39, 0.29) is 12.0 Å². The maximum absolute atomic E-state index is 13.6. The largest absolute Gasteiger partial charge is 0.392 e. The third-order valence-corrected chi connectivity index (χ3v) is 10.9. The highest BCUT2D eigenvalue weighted by Gasteiger charge is 2.30. The van der Waals surface area contributed by atoms with Crippen LogP contribution in [0.25, 0.3) is 22.0 Å². The molecule has 2 fully saturated rings. The Kier molecular flexibility index (Phi) is 9.26. The second kappa shape index (κ2) is 14.1. The molecule has 0 saturated carbocycles. The van der Waals surface area contributed by atoms with Crippen LogP contribution in [-0.4, -0.2) is 72.8 Å². The number of hydrogen-bond donors (Lipinski definition) is 3. The number of carbonyl (C=O) groups excluding carboxylic acids is 1. The number of hydrogen-bond acceptors (Lipinski definition) is 8. The van der Waals surface area contributed by atoms with Gasteiger partial charge in [0.1, 0.15) is 5.52 Å². The first-order chi connectivity index (χ1) is 24.4. The zero-order valence-corrected chi connectivity index (χ0v) is 29.2. The van der Waals surface area contributed by atoms with Gasteiger partial charge in [-0.05, 0) is 99.1 Å². The number of nitrogens with one attached hydrogen (secondary N) is 2. The summed E-state index contributed by atoms with van der Waals surface area (Å²) in [5.41, 5.74) is 7.57. The minimum absolute atomic E-state index is 0.207. The van der Waals surface area contributed by atoms with Crippen molar-refractivity contribution in [3.05, 3.63) is 94.5 Å². The molecule has 50 heavy (non-hydrogen) atoms. The van der Waals surface area contributed by atoms with Gasteiger partial charge in [0.05, 0.1) is 28.5 Å². The summed E-state index contributed by atoms with van der Waals surface area (Å²) in [6.07, 6.45) is 10.2. The highest BCUT2D eigenvalue weighted by Crippen LogP contribution is 2.39. The highest BCUT2D eigenvalue weighted by atomic mass is 35.5. The number of aryl methyl sites for hydroxylation is 1. The van der Waals surface area contributed by atoms with Crippen LogP contribution in [0.1, 0.15) is 71.9 Å². The predicted molar refractivity (Wildman–Crippen MR) is 198 cm³/mol. The van der Waals surface area contributed by atoms with Crippen LogP contribution in [0.3, 0.4) is 0 Å². The summed E-state index contributed by atoms with van der Waals surface area (Å²) < 4.78 is 2.04. The van der Waals surface area contributed by atoms with Gasteiger partial charge in [0.2, 0.25) is 0 Å². The van der Waals surface area contributed by atoms with Crippen LogP contribution < -0.4 is 10.6 Å². The zero-order valence-electron chi connectivity index (χ0n) is 28.4. The smallest absolute Gasteiger partial charge is 0.276 e. The van der Waals surface area contributed by atoms with Crippen molar-refractivity contribution < 1.29 is 9.90 Å². The number of nitrogens with zero attached hydrogens (tertiary/aromatic N) is 6. The van der Waals surface area contributed by atoms with Crippen LogP contribution >= 0.6 is 11.6 Å². The van der Waals surface area contributed by atoms with Crippen LogP contribution in [-0.2, 0) is 13.1 Å². The number of aromatic nitrogens is 4. The zero-order chi connectivity index (χ0) is 34.2. The summed E-state index contributed by atoms with van der Waals surface area (Å²) in [5.74, 6) is 0.412. The molecule has 2 aromatic carbocycles. The van der Waals surface area contributed by atoms with E-state index in [1.165, 1.54) is 19.3 Å². The van der Waals surface area contributed by atoms with Crippen molar-refractivity contribution in [1.29, 1.82) is 0 Å². The summed E-state index contributed by atoms with van der Waals surface area (Å²) in [6, 6.07) is 18.2. The van der Waals surface area contributed by atoms with E-state index in [9.17, 15) is 9.90 Å². The molecule has 3 aliphatic rings.